The van der Waals surface area contributed by atoms with Gasteiger partial charge in [0.25, 0.3) is 0 Å². The zero-order chi connectivity index (χ0) is 26.9. The summed E-state index contributed by atoms with van der Waals surface area (Å²) in [6.07, 6.45) is 4.31. The fourth-order valence-electron chi connectivity index (χ4n) is 5.33. The van der Waals surface area contributed by atoms with Crippen LogP contribution in [-0.4, -0.2) is 52.0 Å². The van der Waals surface area contributed by atoms with Crippen molar-refractivity contribution in [3.05, 3.63) is 66.4 Å². The van der Waals surface area contributed by atoms with E-state index in [1.165, 1.54) is 0 Å². The number of esters is 1. The van der Waals surface area contributed by atoms with E-state index in [4.69, 9.17) is 19.3 Å². The molecule has 1 aliphatic carbocycles. The van der Waals surface area contributed by atoms with Crippen LogP contribution in [0.3, 0.4) is 0 Å². The van der Waals surface area contributed by atoms with E-state index in [0.717, 1.165) is 30.6 Å². The first-order valence-electron chi connectivity index (χ1n) is 13.2. The maximum Gasteiger partial charge on any atom is 0.410 e. The summed E-state index contributed by atoms with van der Waals surface area (Å²) in [5.41, 5.74) is 1.44. The fourth-order valence-corrected chi connectivity index (χ4v) is 5.33. The minimum Gasteiger partial charge on any atom is -0.462 e. The number of likely N-dealkylation sites (tertiary alicyclic amines) is 1. The van der Waals surface area contributed by atoms with Crippen LogP contribution < -0.4 is 4.74 Å². The van der Waals surface area contributed by atoms with Gasteiger partial charge in [-0.05, 0) is 88.8 Å². The lowest BCUT2D eigenvalue weighted by atomic mass is 9.65. The molecule has 1 saturated heterocycles. The highest BCUT2D eigenvalue weighted by molar-refractivity contribution is 5.96. The van der Waals surface area contributed by atoms with Gasteiger partial charge in [0.2, 0.25) is 0 Å². The maximum atomic E-state index is 12.8. The van der Waals surface area contributed by atoms with Gasteiger partial charge in [-0.25, -0.2) is 9.59 Å². The van der Waals surface area contributed by atoms with Gasteiger partial charge in [-0.15, -0.1) is 0 Å². The lowest BCUT2D eigenvalue weighted by Crippen LogP contribution is -2.43. The summed E-state index contributed by atoms with van der Waals surface area (Å²) in [5.74, 6) is 1.07. The largest absolute Gasteiger partial charge is 0.462 e. The van der Waals surface area contributed by atoms with E-state index >= 15 is 0 Å². The summed E-state index contributed by atoms with van der Waals surface area (Å²) < 4.78 is 18.7. The molecule has 2 aromatic carbocycles. The predicted octanol–water partition coefficient (Wildman–Crippen LogP) is 6.48. The monoisotopic (exact) mass is 517 g/mol. The lowest BCUT2D eigenvalue weighted by Gasteiger charge is -2.45. The van der Waals surface area contributed by atoms with Gasteiger partial charge < -0.3 is 19.1 Å². The van der Waals surface area contributed by atoms with E-state index in [1.807, 2.05) is 85.0 Å². The Bertz CT molecular complexity index is 1290. The van der Waals surface area contributed by atoms with Gasteiger partial charge >= 0.3 is 12.1 Å². The molecule has 2 fully saturated rings. The second-order valence-corrected chi connectivity index (χ2v) is 11.2. The predicted molar refractivity (Wildman–Crippen MR) is 143 cm³/mol. The number of rotatable bonds is 6. The van der Waals surface area contributed by atoms with Gasteiger partial charge in [0.1, 0.15) is 28.4 Å². The van der Waals surface area contributed by atoms with Crippen molar-refractivity contribution in [3.63, 3.8) is 0 Å². The third kappa shape index (κ3) is 5.54. The van der Waals surface area contributed by atoms with E-state index in [0.29, 0.717) is 36.7 Å². The minimum atomic E-state index is -0.504. The van der Waals surface area contributed by atoms with Crippen molar-refractivity contribution >= 4 is 12.1 Å². The van der Waals surface area contributed by atoms with Gasteiger partial charge in [0.15, 0.2) is 0 Å². The molecule has 0 N–H and O–H groups in total. The molecule has 1 aromatic heterocycles. The molecule has 38 heavy (non-hydrogen) atoms. The van der Waals surface area contributed by atoms with Gasteiger partial charge in [0.05, 0.1) is 12.6 Å². The summed E-state index contributed by atoms with van der Waals surface area (Å²) >= 11 is 0. The van der Waals surface area contributed by atoms with Crippen molar-refractivity contribution in [2.24, 2.45) is 5.41 Å². The van der Waals surface area contributed by atoms with Gasteiger partial charge in [-0.2, -0.15) is 5.10 Å². The molecule has 1 saturated carbocycles. The Kier molecular flexibility index (Phi) is 6.90. The minimum absolute atomic E-state index is 0.0776. The molecule has 0 radical (unpaired) electrons. The van der Waals surface area contributed by atoms with Crippen LogP contribution in [0.1, 0.15) is 63.4 Å². The van der Waals surface area contributed by atoms with Crippen LogP contribution in [0, 0.1) is 5.41 Å². The third-order valence-corrected chi connectivity index (χ3v) is 7.14. The van der Waals surface area contributed by atoms with Crippen LogP contribution in [0.2, 0.25) is 0 Å². The number of amides is 1. The van der Waals surface area contributed by atoms with Crippen molar-refractivity contribution in [2.45, 2.75) is 58.6 Å². The molecule has 8 nitrogen and oxygen atoms in total. The molecule has 2 heterocycles. The molecule has 3 aromatic rings. The number of ether oxygens (including phenoxy) is 3. The molecule has 1 aliphatic heterocycles. The highest BCUT2D eigenvalue weighted by Gasteiger charge is 2.51. The van der Waals surface area contributed by atoms with E-state index in [-0.39, 0.29) is 23.5 Å². The van der Waals surface area contributed by atoms with Crippen LogP contribution in [0.5, 0.6) is 11.5 Å². The standard InChI is InChI=1S/C30H35N3O5/c1-5-36-27(34)25-19-33(22-17-30(18-22)15-16-32(20-30)28(35)38-29(2,3)4)31-26(25)21-11-13-24(14-12-21)37-23-9-7-6-8-10-23/h6-14,19,22H,5,15-18,20H2,1-4H3/t22-,30+. The smallest absolute Gasteiger partial charge is 0.410 e. The first-order valence-corrected chi connectivity index (χ1v) is 13.2. The van der Waals surface area contributed by atoms with Crippen LogP contribution >= 0.6 is 0 Å². The molecular formula is C30H35N3O5. The first-order chi connectivity index (χ1) is 18.1. The first kappa shape index (κ1) is 25.8. The Balaban J connectivity index is 1.30. The van der Waals surface area contributed by atoms with Crippen molar-refractivity contribution < 1.29 is 23.8 Å². The molecule has 1 amide bonds. The van der Waals surface area contributed by atoms with Crippen LogP contribution in [0.4, 0.5) is 4.79 Å². The second kappa shape index (κ2) is 10.2. The Morgan fingerprint density at radius 2 is 1.71 bits per heavy atom. The number of aromatic nitrogens is 2. The third-order valence-electron chi connectivity index (χ3n) is 7.14. The number of carbonyl (C=O) groups is 2. The van der Waals surface area contributed by atoms with Crippen LogP contribution in [-0.2, 0) is 9.47 Å². The van der Waals surface area contributed by atoms with E-state index in [2.05, 4.69) is 0 Å². The average molecular weight is 518 g/mol. The normalized spacial score (nSPS) is 20.7. The molecule has 0 unspecified atom stereocenters. The zero-order valence-corrected chi connectivity index (χ0v) is 22.5. The number of nitrogens with zero attached hydrogens (tertiary/aromatic N) is 3. The van der Waals surface area contributed by atoms with Crippen molar-refractivity contribution in [1.29, 1.82) is 0 Å². The SMILES string of the molecule is CCOC(=O)c1cn([C@H]2C[C@]3(CCN(C(=O)OC(C)(C)C)C3)C2)nc1-c1ccc(Oc2ccccc2)cc1. The molecule has 2 aliphatic rings. The Labute approximate surface area is 223 Å². The van der Waals surface area contributed by atoms with Gasteiger partial charge in [-0.1, -0.05) is 18.2 Å². The van der Waals surface area contributed by atoms with E-state index < -0.39 is 5.60 Å². The van der Waals surface area contributed by atoms with E-state index in [9.17, 15) is 9.59 Å². The quantitative estimate of drug-likeness (QED) is 0.348. The van der Waals surface area contributed by atoms with Crippen LogP contribution in [0.25, 0.3) is 11.3 Å². The van der Waals surface area contributed by atoms with Crippen LogP contribution in [0.15, 0.2) is 60.8 Å². The van der Waals surface area contributed by atoms with Crippen molar-refractivity contribution in [3.8, 4) is 22.8 Å². The molecule has 1 spiro atoms. The number of hydrogen-bond acceptors (Lipinski definition) is 6. The highest BCUT2D eigenvalue weighted by atomic mass is 16.6. The van der Waals surface area contributed by atoms with Gasteiger partial charge in [-0.3, -0.25) is 4.68 Å². The highest BCUT2D eigenvalue weighted by Crippen LogP contribution is 2.54. The molecule has 0 atom stereocenters. The summed E-state index contributed by atoms with van der Waals surface area (Å²) in [4.78, 5) is 27.2. The molecule has 5 rings (SSSR count). The zero-order valence-electron chi connectivity index (χ0n) is 22.5. The molecular weight excluding hydrogens is 482 g/mol. The van der Waals surface area contributed by atoms with E-state index in [1.54, 1.807) is 13.1 Å². The Hall–Kier alpha value is -3.81. The molecule has 8 heteroatoms. The fraction of sp³-hybridized carbons (Fsp3) is 0.433. The number of carbonyl (C=O) groups excluding carboxylic acids is 2. The summed E-state index contributed by atoms with van der Waals surface area (Å²) in [5, 5.41) is 4.85. The van der Waals surface area contributed by atoms with Gasteiger partial charge in [0, 0.05) is 24.8 Å². The number of para-hydroxylation sites is 1. The Morgan fingerprint density at radius 3 is 2.37 bits per heavy atom. The summed E-state index contributed by atoms with van der Waals surface area (Å²) in [6.45, 7) is 9.14. The second-order valence-electron chi connectivity index (χ2n) is 11.2. The molecule has 0 bridgehead atoms. The summed E-state index contributed by atoms with van der Waals surface area (Å²) in [6, 6.07) is 17.3. The summed E-state index contributed by atoms with van der Waals surface area (Å²) in [7, 11) is 0. The van der Waals surface area contributed by atoms with Crippen molar-refractivity contribution in [2.75, 3.05) is 19.7 Å². The average Bonchev–Trinajstić information content (AvgIpc) is 3.49. The Morgan fingerprint density at radius 1 is 1.03 bits per heavy atom. The molecule has 200 valence electrons. The van der Waals surface area contributed by atoms with Crippen molar-refractivity contribution in [1.82, 2.24) is 14.7 Å². The number of hydrogen-bond donors (Lipinski definition) is 0. The lowest BCUT2D eigenvalue weighted by molar-refractivity contribution is 0.0185. The maximum absolute atomic E-state index is 12.8. The number of benzene rings is 2. The topological polar surface area (TPSA) is 82.9 Å².